The van der Waals surface area contributed by atoms with Crippen LogP contribution in [0.15, 0.2) is 77.9 Å². The van der Waals surface area contributed by atoms with Gasteiger partial charge in [-0.15, -0.1) is 0 Å². The van der Waals surface area contributed by atoms with Gasteiger partial charge >= 0.3 is 6.03 Å². The molecule has 186 valence electrons. The van der Waals surface area contributed by atoms with Crippen molar-refractivity contribution >= 4 is 47.2 Å². The summed E-state index contributed by atoms with van der Waals surface area (Å²) < 4.78 is 0. The highest BCUT2D eigenvalue weighted by molar-refractivity contribution is 6.32. The predicted molar refractivity (Wildman–Crippen MR) is 137 cm³/mol. The number of benzene rings is 3. The van der Waals surface area contributed by atoms with Crippen LogP contribution in [0.3, 0.4) is 0 Å². The molecule has 4 rings (SSSR count). The fourth-order valence-electron chi connectivity index (χ4n) is 3.51. The van der Waals surface area contributed by atoms with E-state index in [1.54, 1.807) is 48.5 Å². The average Bonchev–Trinajstić information content (AvgIpc) is 2.87. The summed E-state index contributed by atoms with van der Waals surface area (Å²) in [4.78, 5) is 62.9. The Hall–Kier alpha value is -5.12. The summed E-state index contributed by atoms with van der Waals surface area (Å²) in [6, 6.07) is 19.0. The number of hydrazone groups is 1. The molecule has 0 bridgehead atoms. The van der Waals surface area contributed by atoms with Crippen LogP contribution < -0.4 is 21.0 Å². The highest BCUT2D eigenvalue weighted by atomic mass is 16.2. The first-order chi connectivity index (χ1) is 17.7. The zero-order chi connectivity index (χ0) is 26.5. The van der Waals surface area contributed by atoms with Crippen LogP contribution in [0.5, 0.6) is 0 Å². The van der Waals surface area contributed by atoms with Crippen LogP contribution in [-0.2, 0) is 9.59 Å². The van der Waals surface area contributed by atoms with Gasteiger partial charge in [0.05, 0.1) is 5.69 Å². The lowest BCUT2D eigenvalue weighted by Gasteiger charge is -2.28. The van der Waals surface area contributed by atoms with E-state index in [9.17, 15) is 24.0 Å². The summed E-state index contributed by atoms with van der Waals surface area (Å²) >= 11 is 0. The van der Waals surface area contributed by atoms with E-state index in [0.29, 0.717) is 16.9 Å². The van der Waals surface area contributed by atoms with E-state index in [1.165, 1.54) is 12.1 Å². The Morgan fingerprint density at radius 2 is 1.35 bits per heavy atom. The number of hydrogen-bond donors (Lipinski definition) is 3. The number of carbonyl (C=O) groups excluding carboxylic acids is 5. The maximum absolute atomic E-state index is 12.8. The zero-order valence-electron chi connectivity index (χ0n) is 20.0. The molecule has 1 heterocycles. The minimum absolute atomic E-state index is 0.237. The van der Waals surface area contributed by atoms with E-state index < -0.39 is 29.7 Å². The molecule has 1 fully saturated rings. The van der Waals surface area contributed by atoms with Crippen LogP contribution >= 0.6 is 0 Å². The molecule has 1 saturated heterocycles. The maximum atomic E-state index is 12.8. The van der Waals surface area contributed by atoms with E-state index in [-0.39, 0.29) is 11.5 Å². The van der Waals surface area contributed by atoms with Gasteiger partial charge in [0, 0.05) is 23.0 Å². The van der Waals surface area contributed by atoms with Gasteiger partial charge in [-0.05, 0) is 62.4 Å². The maximum Gasteiger partial charge on any atom is 0.335 e. The number of carbonyl (C=O) groups is 5. The summed E-state index contributed by atoms with van der Waals surface area (Å²) in [6.45, 7) is 3.79. The normalized spacial score (nSPS) is 15.5. The third kappa shape index (κ3) is 5.76. The van der Waals surface area contributed by atoms with Crippen LogP contribution in [0, 0.1) is 19.8 Å². The number of nitrogens with zero attached hydrogens (tertiary/aromatic N) is 2. The molecule has 1 unspecified atom stereocenters. The van der Waals surface area contributed by atoms with Gasteiger partial charge in [0.15, 0.2) is 5.92 Å². The summed E-state index contributed by atoms with van der Waals surface area (Å²) in [7, 11) is 0. The fraction of sp³-hybridized carbons (Fsp3) is 0.111. The van der Waals surface area contributed by atoms with Crippen molar-refractivity contribution in [3.63, 3.8) is 0 Å². The second kappa shape index (κ2) is 10.6. The molecule has 3 aromatic carbocycles. The molecule has 1 aliphatic rings. The van der Waals surface area contributed by atoms with Crippen molar-refractivity contribution in [2.45, 2.75) is 13.8 Å². The number of hydrogen-bond acceptors (Lipinski definition) is 6. The van der Waals surface area contributed by atoms with Crippen molar-refractivity contribution < 1.29 is 24.0 Å². The SMILES string of the molecule is Cc1ccc(C(=O)Nc2ccc(C(=O)NN=CC3C(=O)NC(=O)N(c4ccc(C)cc4)C3=O)cc2)cc1. The standard InChI is InChI=1S/C27H23N5O5/c1-16-3-7-18(8-4-16)23(33)29-20-11-9-19(10-12-20)24(34)31-28-15-22-25(35)30-27(37)32(26(22)36)21-13-5-17(2)6-14-21/h3-15,22H,1-2H3,(H,29,33)(H,31,34)(H,30,35,37). The molecule has 10 nitrogen and oxygen atoms in total. The molecule has 3 N–H and O–H groups in total. The van der Waals surface area contributed by atoms with Crippen molar-refractivity contribution in [3.8, 4) is 0 Å². The van der Waals surface area contributed by atoms with E-state index >= 15 is 0 Å². The minimum atomic E-state index is -1.40. The smallest absolute Gasteiger partial charge is 0.322 e. The molecule has 3 aromatic rings. The largest absolute Gasteiger partial charge is 0.335 e. The predicted octanol–water partition coefficient (Wildman–Crippen LogP) is 3.17. The molecular formula is C27H23N5O5. The number of amides is 6. The Kier molecular flexibility index (Phi) is 7.19. The second-order valence-electron chi connectivity index (χ2n) is 8.40. The quantitative estimate of drug-likeness (QED) is 0.273. The first kappa shape index (κ1) is 25.0. The molecule has 10 heteroatoms. The molecule has 0 radical (unpaired) electrons. The Morgan fingerprint density at radius 3 is 1.97 bits per heavy atom. The molecule has 6 amide bonds. The van der Waals surface area contributed by atoms with Crippen molar-refractivity contribution in [2.75, 3.05) is 10.2 Å². The van der Waals surface area contributed by atoms with Crippen LogP contribution in [0.4, 0.5) is 16.2 Å². The summed E-state index contributed by atoms with van der Waals surface area (Å²) in [5.41, 5.74) is 5.78. The van der Waals surface area contributed by atoms with Gasteiger partial charge in [-0.3, -0.25) is 24.5 Å². The van der Waals surface area contributed by atoms with E-state index in [4.69, 9.17) is 0 Å². The number of anilines is 2. The Labute approximate surface area is 212 Å². The van der Waals surface area contributed by atoms with Gasteiger partial charge in [-0.2, -0.15) is 5.10 Å². The number of imide groups is 2. The van der Waals surface area contributed by atoms with Crippen molar-refractivity contribution in [1.29, 1.82) is 0 Å². The van der Waals surface area contributed by atoms with E-state index in [1.807, 2.05) is 26.0 Å². The monoisotopic (exact) mass is 497 g/mol. The molecule has 37 heavy (non-hydrogen) atoms. The van der Waals surface area contributed by atoms with Crippen molar-refractivity contribution in [3.05, 3.63) is 95.1 Å². The summed E-state index contributed by atoms with van der Waals surface area (Å²) in [5.74, 6) is -3.91. The molecule has 0 saturated carbocycles. The number of aryl methyl sites for hydroxylation is 2. The Morgan fingerprint density at radius 1 is 0.811 bits per heavy atom. The zero-order valence-corrected chi connectivity index (χ0v) is 20.0. The lowest BCUT2D eigenvalue weighted by molar-refractivity contribution is -0.131. The van der Waals surface area contributed by atoms with Gasteiger partial charge in [-0.25, -0.2) is 15.1 Å². The number of urea groups is 1. The second-order valence-corrected chi connectivity index (χ2v) is 8.40. The number of rotatable bonds is 6. The summed E-state index contributed by atoms with van der Waals surface area (Å²) in [6.07, 6.45) is 0.972. The van der Waals surface area contributed by atoms with Gasteiger partial charge in [0.25, 0.3) is 17.7 Å². The highest BCUT2D eigenvalue weighted by Crippen LogP contribution is 2.20. The van der Waals surface area contributed by atoms with E-state index in [0.717, 1.165) is 22.2 Å². The highest BCUT2D eigenvalue weighted by Gasteiger charge is 2.40. The average molecular weight is 498 g/mol. The molecule has 0 aliphatic carbocycles. The summed E-state index contributed by atoms with van der Waals surface area (Å²) in [5, 5.41) is 8.61. The molecule has 0 aromatic heterocycles. The Bertz CT molecular complexity index is 1400. The number of nitrogens with one attached hydrogen (secondary N) is 3. The van der Waals surface area contributed by atoms with Gasteiger partial charge < -0.3 is 5.32 Å². The van der Waals surface area contributed by atoms with Gasteiger partial charge in [-0.1, -0.05) is 35.4 Å². The van der Waals surface area contributed by atoms with E-state index in [2.05, 4.69) is 21.2 Å². The molecule has 1 atom stereocenters. The first-order valence-corrected chi connectivity index (χ1v) is 11.3. The lowest BCUT2D eigenvalue weighted by Crippen LogP contribution is -2.58. The molecule has 1 aliphatic heterocycles. The van der Waals surface area contributed by atoms with Crippen LogP contribution in [0.2, 0.25) is 0 Å². The van der Waals surface area contributed by atoms with Crippen LogP contribution in [-0.4, -0.2) is 35.9 Å². The van der Waals surface area contributed by atoms with Crippen molar-refractivity contribution in [2.24, 2.45) is 11.0 Å². The van der Waals surface area contributed by atoms with Crippen LogP contribution in [0.1, 0.15) is 31.8 Å². The molecule has 0 spiro atoms. The third-order valence-corrected chi connectivity index (χ3v) is 5.60. The molecular weight excluding hydrogens is 474 g/mol. The van der Waals surface area contributed by atoms with Gasteiger partial charge in [0.2, 0.25) is 5.91 Å². The van der Waals surface area contributed by atoms with Gasteiger partial charge in [0.1, 0.15) is 0 Å². The first-order valence-electron chi connectivity index (χ1n) is 11.3. The minimum Gasteiger partial charge on any atom is -0.322 e. The lowest BCUT2D eigenvalue weighted by atomic mass is 10.1. The van der Waals surface area contributed by atoms with Crippen molar-refractivity contribution in [1.82, 2.24) is 10.7 Å². The fourth-order valence-corrected chi connectivity index (χ4v) is 3.51. The number of barbiturate groups is 1. The third-order valence-electron chi connectivity index (χ3n) is 5.60. The van der Waals surface area contributed by atoms with Crippen LogP contribution in [0.25, 0.3) is 0 Å². The topological polar surface area (TPSA) is 137 Å². The Balaban J connectivity index is 1.37.